The molecule has 0 heterocycles. The van der Waals surface area contributed by atoms with Gasteiger partial charge in [0.05, 0.1) is 17.8 Å². The summed E-state index contributed by atoms with van der Waals surface area (Å²) >= 11 is 0. The smallest absolute Gasteiger partial charge is 0.238 e. The van der Waals surface area contributed by atoms with Gasteiger partial charge in [0.1, 0.15) is 12.4 Å². The van der Waals surface area contributed by atoms with Crippen LogP contribution in [0, 0.1) is 6.92 Å². The Kier molecular flexibility index (Phi) is 7.91. The SMILES string of the molecule is CCc1cccc(N(N)C(C)=O)c1COc1ccc(C(C)N=NC(C)C)cc1C. The Bertz CT molecular complexity index is 877. The second-order valence-electron chi connectivity index (χ2n) is 7.47. The molecule has 2 aromatic rings. The first kappa shape index (κ1) is 22.6. The first-order valence-electron chi connectivity index (χ1n) is 10.0. The molecule has 6 nitrogen and oxygen atoms in total. The van der Waals surface area contributed by atoms with E-state index in [1.54, 1.807) is 0 Å². The number of benzene rings is 2. The van der Waals surface area contributed by atoms with Crippen molar-refractivity contribution in [3.8, 4) is 5.75 Å². The summed E-state index contributed by atoms with van der Waals surface area (Å²) in [4.78, 5) is 11.8. The fraction of sp³-hybridized carbons (Fsp3) is 0.435. The summed E-state index contributed by atoms with van der Waals surface area (Å²) in [6, 6.07) is 12.0. The topological polar surface area (TPSA) is 80.3 Å². The number of hydrogen-bond acceptors (Lipinski definition) is 5. The third-order valence-corrected chi connectivity index (χ3v) is 4.75. The molecule has 1 amide bonds. The van der Waals surface area contributed by atoms with E-state index in [1.807, 2.05) is 58.0 Å². The maximum Gasteiger partial charge on any atom is 0.238 e. The number of ether oxygens (including phenoxy) is 1. The molecular formula is C23H32N4O2. The van der Waals surface area contributed by atoms with Crippen LogP contribution in [0.2, 0.25) is 0 Å². The fourth-order valence-electron chi connectivity index (χ4n) is 3.06. The van der Waals surface area contributed by atoms with Gasteiger partial charge in [-0.25, -0.2) is 10.9 Å². The number of anilines is 1. The van der Waals surface area contributed by atoms with Gasteiger partial charge in [0.2, 0.25) is 5.91 Å². The molecule has 0 bridgehead atoms. The number of rotatable bonds is 8. The predicted octanol–water partition coefficient (Wildman–Crippen LogP) is 5.28. The molecule has 0 aliphatic heterocycles. The average molecular weight is 397 g/mol. The summed E-state index contributed by atoms with van der Waals surface area (Å²) < 4.78 is 6.12. The number of hydrazine groups is 1. The summed E-state index contributed by atoms with van der Waals surface area (Å²) in [5.74, 6) is 6.55. The lowest BCUT2D eigenvalue weighted by Gasteiger charge is -2.21. The Balaban J connectivity index is 2.23. The Morgan fingerprint density at radius 2 is 1.90 bits per heavy atom. The van der Waals surface area contributed by atoms with E-state index >= 15 is 0 Å². The van der Waals surface area contributed by atoms with E-state index in [0.717, 1.165) is 34.4 Å². The lowest BCUT2D eigenvalue weighted by atomic mass is 10.0. The van der Waals surface area contributed by atoms with Gasteiger partial charge in [-0.05, 0) is 62.9 Å². The summed E-state index contributed by atoms with van der Waals surface area (Å²) in [7, 11) is 0. The summed E-state index contributed by atoms with van der Waals surface area (Å²) in [6.45, 7) is 11.9. The molecule has 0 radical (unpaired) electrons. The standard InChI is InChI=1S/C23H32N4O2/c1-7-19-9-8-10-22(27(24)18(6)28)21(19)14-29-23-12-11-20(13-16(23)4)17(5)26-25-15(2)3/h8-13,15,17H,7,14,24H2,1-6H3. The van der Waals surface area contributed by atoms with Gasteiger partial charge in [-0.3, -0.25) is 4.79 Å². The molecule has 1 atom stereocenters. The number of hydrogen-bond donors (Lipinski definition) is 1. The molecule has 1 unspecified atom stereocenters. The zero-order valence-electron chi connectivity index (χ0n) is 18.3. The molecule has 0 aromatic heterocycles. The summed E-state index contributed by atoms with van der Waals surface area (Å²) in [5, 5.41) is 9.78. The number of amides is 1. The summed E-state index contributed by atoms with van der Waals surface area (Å²) in [6.07, 6.45) is 0.828. The largest absolute Gasteiger partial charge is 0.489 e. The molecule has 0 saturated carbocycles. The van der Waals surface area contributed by atoms with Crippen LogP contribution in [0.25, 0.3) is 0 Å². The molecule has 0 aliphatic carbocycles. The van der Waals surface area contributed by atoms with Gasteiger partial charge in [0.25, 0.3) is 0 Å². The molecule has 2 N–H and O–H groups in total. The maximum absolute atomic E-state index is 11.8. The predicted molar refractivity (Wildman–Crippen MR) is 117 cm³/mol. The minimum atomic E-state index is -0.218. The third-order valence-electron chi connectivity index (χ3n) is 4.75. The van der Waals surface area contributed by atoms with Crippen molar-refractivity contribution < 1.29 is 9.53 Å². The Hall–Kier alpha value is -2.73. The van der Waals surface area contributed by atoms with Gasteiger partial charge in [0.15, 0.2) is 0 Å². The van der Waals surface area contributed by atoms with Crippen LogP contribution >= 0.6 is 0 Å². The quantitative estimate of drug-likeness (QED) is 0.285. The van der Waals surface area contributed by atoms with Crippen LogP contribution in [0.5, 0.6) is 5.75 Å². The molecule has 0 aliphatic rings. The van der Waals surface area contributed by atoms with E-state index in [-0.39, 0.29) is 18.0 Å². The number of carbonyl (C=O) groups excluding carboxylic acids is 1. The van der Waals surface area contributed by atoms with Gasteiger partial charge >= 0.3 is 0 Å². The molecule has 0 fully saturated rings. The number of carbonyl (C=O) groups is 1. The van der Waals surface area contributed by atoms with Crippen LogP contribution in [-0.4, -0.2) is 11.9 Å². The lowest BCUT2D eigenvalue weighted by molar-refractivity contribution is -0.116. The van der Waals surface area contributed by atoms with Crippen molar-refractivity contribution in [1.82, 2.24) is 0 Å². The van der Waals surface area contributed by atoms with Crippen molar-refractivity contribution >= 4 is 11.6 Å². The molecule has 6 heteroatoms. The Morgan fingerprint density at radius 1 is 1.17 bits per heavy atom. The zero-order chi connectivity index (χ0) is 21.6. The fourth-order valence-corrected chi connectivity index (χ4v) is 3.06. The van der Waals surface area contributed by atoms with E-state index in [1.165, 1.54) is 11.9 Å². The van der Waals surface area contributed by atoms with E-state index < -0.39 is 0 Å². The summed E-state index contributed by atoms with van der Waals surface area (Å²) in [5.41, 5.74) is 4.83. The number of nitrogens with zero attached hydrogens (tertiary/aromatic N) is 3. The highest BCUT2D eigenvalue weighted by Gasteiger charge is 2.16. The van der Waals surface area contributed by atoms with Crippen LogP contribution in [0.3, 0.4) is 0 Å². The minimum absolute atomic E-state index is 0.000986. The maximum atomic E-state index is 11.8. The second-order valence-corrected chi connectivity index (χ2v) is 7.47. The molecule has 0 saturated heterocycles. The number of azo groups is 1. The van der Waals surface area contributed by atoms with Gasteiger partial charge in [-0.1, -0.05) is 31.2 Å². The Morgan fingerprint density at radius 3 is 2.48 bits per heavy atom. The van der Waals surface area contributed by atoms with E-state index in [9.17, 15) is 4.79 Å². The first-order valence-corrected chi connectivity index (χ1v) is 10.0. The normalized spacial score (nSPS) is 12.4. The zero-order valence-corrected chi connectivity index (χ0v) is 18.3. The highest BCUT2D eigenvalue weighted by atomic mass is 16.5. The van der Waals surface area contributed by atoms with Crippen molar-refractivity contribution in [1.29, 1.82) is 0 Å². The molecule has 156 valence electrons. The number of aryl methyl sites for hydroxylation is 2. The van der Waals surface area contributed by atoms with E-state index in [4.69, 9.17) is 10.6 Å². The van der Waals surface area contributed by atoms with Crippen molar-refractivity contribution in [2.75, 3.05) is 5.01 Å². The van der Waals surface area contributed by atoms with Gasteiger partial charge < -0.3 is 4.74 Å². The molecule has 29 heavy (non-hydrogen) atoms. The van der Waals surface area contributed by atoms with Gasteiger partial charge in [-0.2, -0.15) is 10.2 Å². The molecule has 0 spiro atoms. The van der Waals surface area contributed by atoms with Crippen molar-refractivity contribution in [2.45, 2.75) is 66.7 Å². The van der Waals surface area contributed by atoms with Crippen molar-refractivity contribution in [3.63, 3.8) is 0 Å². The molecular weight excluding hydrogens is 364 g/mol. The average Bonchev–Trinajstić information content (AvgIpc) is 2.70. The van der Waals surface area contributed by atoms with Gasteiger partial charge in [0, 0.05) is 12.5 Å². The minimum Gasteiger partial charge on any atom is -0.489 e. The van der Waals surface area contributed by atoms with Crippen molar-refractivity contribution in [2.24, 2.45) is 16.1 Å². The van der Waals surface area contributed by atoms with Crippen LogP contribution in [0.15, 0.2) is 46.6 Å². The molecule has 2 aromatic carbocycles. The highest BCUT2D eigenvalue weighted by Crippen LogP contribution is 2.28. The van der Waals surface area contributed by atoms with Crippen LogP contribution in [0.4, 0.5) is 5.69 Å². The van der Waals surface area contributed by atoms with E-state index in [0.29, 0.717) is 12.3 Å². The monoisotopic (exact) mass is 396 g/mol. The van der Waals surface area contributed by atoms with Crippen LogP contribution < -0.4 is 15.6 Å². The van der Waals surface area contributed by atoms with Crippen LogP contribution in [-0.2, 0) is 17.8 Å². The first-order chi connectivity index (χ1) is 13.7. The van der Waals surface area contributed by atoms with Crippen molar-refractivity contribution in [3.05, 3.63) is 58.7 Å². The lowest BCUT2D eigenvalue weighted by Crippen LogP contribution is -2.36. The highest BCUT2D eigenvalue weighted by molar-refractivity contribution is 5.91. The third kappa shape index (κ3) is 5.87. The number of nitrogens with two attached hydrogens (primary N) is 1. The Labute approximate surface area is 173 Å². The van der Waals surface area contributed by atoms with E-state index in [2.05, 4.69) is 23.2 Å². The second kappa shape index (κ2) is 10.2. The van der Waals surface area contributed by atoms with Gasteiger partial charge in [-0.15, -0.1) is 0 Å². The van der Waals surface area contributed by atoms with Crippen LogP contribution in [0.1, 0.15) is 62.9 Å². The molecule has 2 rings (SSSR count).